The molecular weight excluding hydrogens is 259 g/mol. The SMILES string of the molecule is CCN(CC)C(=O)CN(C)C(=O)Cc1cccc(F)c1. The molecule has 0 aliphatic heterocycles. The average molecular weight is 280 g/mol. The maximum Gasteiger partial charge on any atom is 0.242 e. The van der Waals surface area contributed by atoms with Crippen LogP contribution in [0.15, 0.2) is 24.3 Å². The van der Waals surface area contributed by atoms with Crippen molar-refractivity contribution in [2.75, 3.05) is 26.7 Å². The summed E-state index contributed by atoms with van der Waals surface area (Å²) >= 11 is 0. The minimum absolute atomic E-state index is 0.0514. The van der Waals surface area contributed by atoms with Gasteiger partial charge in [-0.25, -0.2) is 4.39 Å². The molecule has 4 nitrogen and oxygen atoms in total. The molecule has 0 spiro atoms. The lowest BCUT2D eigenvalue weighted by atomic mass is 10.1. The number of nitrogens with zero attached hydrogens (tertiary/aromatic N) is 2. The lowest BCUT2D eigenvalue weighted by Gasteiger charge is -2.23. The maximum absolute atomic E-state index is 13.0. The van der Waals surface area contributed by atoms with E-state index in [1.165, 1.54) is 17.0 Å². The molecule has 0 saturated carbocycles. The van der Waals surface area contributed by atoms with Crippen molar-refractivity contribution < 1.29 is 14.0 Å². The van der Waals surface area contributed by atoms with Crippen molar-refractivity contribution in [3.05, 3.63) is 35.6 Å². The predicted octanol–water partition coefficient (Wildman–Crippen LogP) is 1.70. The van der Waals surface area contributed by atoms with Crippen LogP contribution in [0.4, 0.5) is 4.39 Å². The van der Waals surface area contributed by atoms with E-state index in [1.807, 2.05) is 13.8 Å². The first kappa shape index (κ1) is 16.1. The second-order valence-corrected chi connectivity index (χ2v) is 4.62. The summed E-state index contributed by atoms with van der Waals surface area (Å²) in [4.78, 5) is 26.9. The normalized spacial score (nSPS) is 10.2. The zero-order valence-electron chi connectivity index (χ0n) is 12.2. The van der Waals surface area contributed by atoms with Gasteiger partial charge < -0.3 is 9.80 Å². The van der Waals surface area contributed by atoms with E-state index in [1.54, 1.807) is 24.1 Å². The Balaban J connectivity index is 2.57. The summed E-state index contributed by atoms with van der Waals surface area (Å²) in [6.07, 6.45) is 0.0970. The van der Waals surface area contributed by atoms with E-state index in [9.17, 15) is 14.0 Å². The fourth-order valence-corrected chi connectivity index (χ4v) is 1.92. The van der Waals surface area contributed by atoms with Gasteiger partial charge in [0.25, 0.3) is 0 Å². The van der Waals surface area contributed by atoms with Gasteiger partial charge in [-0.05, 0) is 31.5 Å². The molecule has 1 aromatic rings. The van der Waals surface area contributed by atoms with Crippen molar-refractivity contribution in [2.45, 2.75) is 20.3 Å². The van der Waals surface area contributed by atoms with E-state index < -0.39 is 0 Å². The van der Waals surface area contributed by atoms with Crippen molar-refractivity contribution in [1.82, 2.24) is 9.80 Å². The summed E-state index contributed by atoms with van der Waals surface area (Å²) in [7, 11) is 1.59. The predicted molar refractivity (Wildman–Crippen MR) is 75.7 cm³/mol. The minimum atomic E-state index is -0.364. The van der Waals surface area contributed by atoms with Gasteiger partial charge in [-0.15, -0.1) is 0 Å². The Morgan fingerprint density at radius 2 is 1.80 bits per heavy atom. The first-order chi connectivity index (χ1) is 9.47. The van der Waals surface area contributed by atoms with Crippen LogP contribution in [-0.4, -0.2) is 48.3 Å². The highest BCUT2D eigenvalue weighted by Crippen LogP contribution is 2.06. The van der Waals surface area contributed by atoms with E-state index in [0.29, 0.717) is 18.7 Å². The molecule has 110 valence electrons. The molecule has 0 heterocycles. The monoisotopic (exact) mass is 280 g/mol. The Labute approximate surface area is 119 Å². The van der Waals surface area contributed by atoms with Gasteiger partial charge in [-0.3, -0.25) is 9.59 Å². The molecule has 0 unspecified atom stereocenters. The molecule has 2 amide bonds. The summed E-state index contributed by atoms with van der Waals surface area (Å²) in [5.74, 6) is -0.640. The lowest BCUT2D eigenvalue weighted by Crippen LogP contribution is -2.41. The van der Waals surface area contributed by atoms with Gasteiger partial charge in [0.2, 0.25) is 11.8 Å². The third kappa shape index (κ3) is 4.64. The number of carbonyl (C=O) groups is 2. The third-order valence-electron chi connectivity index (χ3n) is 3.16. The molecule has 0 bridgehead atoms. The largest absolute Gasteiger partial charge is 0.342 e. The summed E-state index contributed by atoms with van der Waals surface area (Å²) in [6, 6.07) is 5.93. The molecule has 1 aromatic carbocycles. The number of hydrogen-bond acceptors (Lipinski definition) is 2. The first-order valence-corrected chi connectivity index (χ1v) is 6.74. The molecule has 5 heteroatoms. The van der Waals surface area contributed by atoms with Crippen molar-refractivity contribution in [2.24, 2.45) is 0 Å². The van der Waals surface area contributed by atoms with Gasteiger partial charge in [0.15, 0.2) is 0 Å². The van der Waals surface area contributed by atoms with Crippen molar-refractivity contribution in [3.8, 4) is 0 Å². The molecule has 0 N–H and O–H groups in total. The van der Waals surface area contributed by atoms with Crippen LogP contribution in [-0.2, 0) is 16.0 Å². The third-order valence-corrected chi connectivity index (χ3v) is 3.16. The van der Waals surface area contributed by atoms with Crippen LogP contribution in [0.2, 0.25) is 0 Å². The van der Waals surface area contributed by atoms with E-state index in [2.05, 4.69) is 0 Å². The fourth-order valence-electron chi connectivity index (χ4n) is 1.92. The zero-order valence-corrected chi connectivity index (χ0v) is 12.2. The average Bonchev–Trinajstić information content (AvgIpc) is 2.40. The standard InChI is InChI=1S/C15H21FN2O2/c1-4-18(5-2)15(20)11-17(3)14(19)10-12-7-6-8-13(16)9-12/h6-9H,4-5,10-11H2,1-3H3. The quantitative estimate of drug-likeness (QED) is 0.795. The summed E-state index contributed by atoms with van der Waals surface area (Å²) < 4.78 is 13.0. The van der Waals surface area contributed by atoms with Crippen LogP contribution in [0.5, 0.6) is 0 Å². The van der Waals surface area contributed by atoms with Crippen LogP contribution < -0.4 is 0 Å². The number of benzene rings is 1. The summed E-state index contributed by atoms with van der Waals surface area (Å²) in [5, 5.41) is 0. The van der Waals surface area contributed by atoms with Crippen LogP contribution in [0.3, 0.4) is 0 Å². The van der Waals surface area contributed by atoms with E-state index in [0.717, 1.165) is 0 Å². The fraction of sp³-hybridized carbons (Fsp3) is 0.467. The lowest BCUT2D eigenvalue weighted by molar-refractivity contribution is -0.138. The summed E-state index contributed by atoms with van der Waals surface area (Å²) in [5.41, 5.74) is 0.608. The number of rotatable bonds is 6. The Hall–Kier alpha value is -1.91. The summed E-state index contributed by atoms with van der Waals surface area (Å²) in [6.45, 7) is 5.10. The number of hydrogen-bond donors (Lipinski definition) is 0. The second-order valence-electron chi connectivity index (χ2n) is 4.62. The maximum atomic E-state index is 13.0. The van der Waals surface area contributed by atoms with Gasteiger partial charge in [-0.1, -0.05) is 12.1 Å². The van der Waals surface area contributed by atoms with Gasteiger partial charge in [0.1, 0.15) is 5.82 Å². The van der Waals surface area contributed by atoms with Crippen molar-refractivity contribution in [3.63, 3.8) is 0 Å². The van der Waals surface area contributed by atoms with Gasteiger partial charge in [0.05, 0.1) is 13.0 Å². The van der Waals surface area contributed by atoms with Crippen LogP contribution in [0.1, 0.15) is 19.4 Å². The molecular formula is C15H21FN2O2. The van der Waals surface area contributed by atoms with Gasteiger partial charge >= 0.3 is 0 Å². The molecule has 0 radical (unpaired) electrons. The van der Waals surface area contributed by atoms with Crippen molar-refractivity contribution >= 4 is 11.8 Å². The highest BCUT2D eigenvalue weighted by Gasteiger charge is 2.16. The number of amides is 2. The van der Waals surface area contributed by atoms with Crippen LogP contribution in [0, 0.1) is 5.82 Å². The molecule has 20 heavy (non-hydrogen) atoms. The van der Waals surface area contributed by atoms with E-state index in [-0.39, 0.29) is 30.6 Å². The molecule has 0 saturated heterocycles. The Morgan fingerprint density at radius 1 is 1.15 bits per heavy atom. The Morgan fingerprint density at radius 3 is 2.35 bits per heavy atom. The highest BCUT2D eigenvalue weighted by molar-refractivity contribution is 5.85. The molecule has 0 aliphatic rings. The number of halogens is 1. The minimum Gasteiger partial charge on any atom is -0.342 e. The first-order valence-electron chi connectivity index (χ1n) is 6.74. The van der Waals surface area contributed by atoms with Crippen LogP contribution >= 0.6 is 0 Å². The second kappa shape index (κ2) is 7.62. The highest BCUT2D eigenvalue weighted by atomic mass is 19.1. The van der Waals surface area contributed by atoms with E-state index >= 15 is 0 Å². The molecule has 0 fully saturated rings. The van der Waals surface area contributed by atoms with Crippen molar-refractivity contribution in [1.29, 1.82) is 0 Å². The smallest absolute Gasteiger partial charge is 0.242 e. The number of likely N-dealkylation sites (N-methyl/N-ethyl adjacent to an activating group) is 2. The topological polar surface area (TPSA) is 40.6 Å². The van der Waals surface area contributed by atoms with Crippen LogP contribution in [0.25, 0.3) is 0 Å². The Kier molecular flexibility index (Phi) is 6.15. The molecule has 0 aliphatic carbocycles. The zero-order chi connectivity index (χ0) is 15.1. The number of carbonyl (C=O) groups excluding carboxylic acids is 2. The molecule has 0 aromatic heterocycles. The van der Waals surface area contributed by atoms with Gasteiger partial charge in [-0.2, -0.15) is 0 Å². The van der Waals surface area contributed by atoms with Gasteiger partial charge in [0, 0.05) is 20.1 Å². The molecule has 0 atom stereocenters. The molecule has 1 rings (SSSR count). The Bertz CT molecular complexity index is 473. The van der Waals surface area contributed by atoms with E-state index in [4.69, 9.17) is 0 Å².